The minimum absolute atomic E-state index is 0.567. The summed E-state index contributed by atoms with van der Waals surface area (Å²) in [4.78, 5) is 0. The molecule has 3 heteroatoms. The van der Waals surface area contributed by atoms with E-state index >= 15 is 0 Å². The van der Waals surface area contributed by atoms with E-state index in [1.807, 2.05) is 6.92 Å². The first-order chi connectivity index (χ1) is 10.2. The van der Waals surface area contributed by atoms with Gasteiger partial charge in [0, 0.05) is 29.5 Å². The number of benzene rings is 1. The molecule has 1 aromatic rings. The average molecular weight is 285 g/mol. The topological polar surface area (TPSA) is 47.9 Å². The van der Waals surface area contributed by atoms with Gasteiger partial charge in [0.2, 0.25) is 0 Å². The minimum Gasteiger partial charge on any atom is -0.384 e. The Morgan fingerprint density at radius 2 is 2.29 bits per heavy atom. The number of hydrogen-bond acceptors (Lipinski definition) is 3. The molecule has 1 unspecified atom stereocenters. The number of anilines is 1. The van der Waals surface area contributed by atoms with Gasteiger partial charge in [-0.3, -0.25) is 0 Å². The Labute approximate surface area is 128 Å². The van der Waals surface area contributed by atoms with Crippen molar-refractivity contribution in [1.29, 1.82) is 5.41 Å². The van der Waals surface area contributed by atoms with Crippen LogP contribution < -0.4 is 10.6 Å². The van der Waals surface area contributed by atoms with E-state index in [0.29, 0.717) is 11.8 Å². The Morgan fingerprint density at radius 3 is 3.00 bits per heavy atom. The predicted octanol–water partition coefficient (Wildman–Crippen LogP) is 3.88. The summed E-state index contributed by atoms with van der Waals surface area (Å²) in [6.07, 6.45) is 9.50. The van der Waals surface area contributed by atoms with Gasteiger partial charge < -0.3 is 16.0 Å². The minimum atomic E-state index is 0.567. The summed E-state index contributed by atoms with van der Waals surface area (Å²) in [6.45, 7) is 5.97. The second-order valence-corrected chi connectivity index (χ2v) is 5.87. The van der Waals surface area contributed by atoms with Crippen LogP contribution >= 0.6 is 0 Å². The fraction of sp³-hybridized carbons (Fsp3) is 0.500. The Hall–Kier alpha value is -1.61. The van der Waals surface area contributed by atoms with Crippen molar-refractivity contribution in [3.8, 4) is 0 Å². The fourth-order valence-electron chi connectivity index (χ4n) is 2.72. The Bertz CT molecular complexity index is 499. The summed E-state index contributed by atoms with van der Waals surface area (Å²) in [5.41, 5.74) is 3.89. The molecular weight excluding hydrogens is 258 g/mol. The normalized spacial score (nSPS) is 18.9. The molecular formula is C18H27N3. The maximum absolute atomic E-state index is 7.86. The molecule has 1 aromatic carbocycles. The van der Waals surface area contributed by atoms with Crippen LogP contribution in [0.4, 0.5) is 5.69 Å². The van der Waals surface area contributed by atoms with Crippen LogP contribution in [0.15, 0.2) is 30.4 Å². The van der Waals surface area contributed by atoms with E-state index in [9.17, 15) is 0 Å². The predicted molar refractivity (Wildman–Crippen MR) is 91.6 cm³/mol. The zero-order valence-corrected chi connectivity index (χ0v) is 13.2. The molecule has 0 saturated carbocycles. The van der Waals surface area contributed by atoms with Gasteiger partial charge in [-0.2, -0.15) is 0 Å². The quantitative estimate of drug-likeness (QED) is 0.422. The molecule has 114 valence electrons. The highest BCUT2D eigenvalue weighted by molar-refractivity contribution is 6.01. The second kappa shape index (κ2) is 7.99. The number of hydrogen-bond donors (Lipinski definition) is 3. The van der Waals surface area contributed by atoms with E-state index in [1.54, 1.807) is 0 Å². The molecule has 0 spiro atoms. The number of rotatable bonds is 6. The zero-order chi connectivity index (χ0) is 15.1. The maximum Gasteiger partial charge on any atom is 0.0432 e. The third kappa shape index (κ3) is 5.01. The lowest BCUT2D eigenvalue weighted by Crippen LogP contribution is -2.32. The summed E-state index contributed by atoms with van der Waals surface area (Å²) in [6, 6.07) is 6.82. The molecule has 1 atom stereocenters. The Morgan fingerprint density at radius 1 is 1.43 bits per heavy atom. The largest absolute Gasteiger partial charge is 0.384 e. The van der Waals surface area contributed by atoms with Crippen LogP contribution in [0.2, 0.25) is 0 Å². The van der Waals surface area contributed by atoms with E-state index in [1.165, 1.54) is 24.8 Å². The molecule has 21 heavy (non-hydrogen) atoms. The summed E-state index contributed by atoms with van der Waals surface area (Å²) in [7, 11) is 0. The summed E-state index contributed by atoms with van der Waals surface area (Å²) in [5, 5.41) is 14.8. The van der Waals surface area contributed by atoms with Crippen LogP contribution in [0.3, 0.4) is 0 Å². The SMILES string of the molecule is CC(=N)c1cc(C)ccc1NCC/C=C/C1CCCCN1. The second-order valence-electron chi connectivity index (χ2n) is 5.87. The van der Waals surface area contributed by atoms with E-state index in [-0.39, 0.29) is 0 Å². The molecule has 0 radical (unpaired) electrons. The van der Waals surface area contributed by atoms with Gasteiger partial charge in [-0.25, -0.2) is 0 Å². The number of aryl methyl sites for hydroxylation is 1. The Balaban J connectivity index is 1.80. The third-order valence-electron chi connectivity index (χ3n) is 3.92. The summed E-state index contributed by atoms with van der Waals surface area (Å²) >= 11 is 0. The standard InChI is InChI=1S/C18H27N3/c1-14-9-10-18(17(13-14)15(2)19)21-12-6-4-8-16-7-3-5-11-20-16/h4,8-10,13,16,19-21H,3,5-7,11-12H2,1-2H3/b8-4+,19-15?. The van der Waals surface area contributed by atoms with Crippen LogP contribution in [0.25, 0.3) is 0 Å². The van der Waals surface area contributed by atoms with Crippen LogP contribution in [-0.4, -0.2) is 24.8 Å². The summed E-state index contributed by atoms with van der Waals surface area (Å²) in [5.74, 6) is 0. The highest BCUT2D eigenvalue weighted by Gasteiger charge is 2.08. The van der Waals surface area contributed by atoms with Gasteiger partial charge in [-0.15, -0.1) is 0 Å². The smallest absolute Gasteiger partial charge is 0.0432 e. The van der Waals surface area contributed by atoms with Crippen LogP contribution in [-0.2, 0) is 0 Å². The molecule has 0 bridgehead atoms. The van der Waals surface area contributed by atoms with Crippen molar-refractivity contribution in [2.45, 2.75) is 45.6 Å². The van der Waals surface area contributed by atoms with Crippen LogP contribution in [0.1, 0.15) is 43.7 Å². The van der Waals surface area contributed by atoms with Gasteiger partial charge in [0.05, 0.1) is 0 Å². The zero-order valence-electron chi connectivity index (χ0n) is 13.2. The molecule has 3 N–H and O–H groups in total. The molecule has 0 amide bonds. The van der Waals surface area contributed by atoms with E-state index in [2.05, 4.69) is 47.9 Å². The lowest BCUT2D eigenvalue weighted by Gasteiger charge is -2.20. The molecule has 3 nitrogen and oxygen atoms in total. The van der Waals surface area contributed by atoms with Crippen molar-refractivity contribution >= 4 is 11.4 Å². The summed E-state index contributed by atoms with van der Waals surface area (Å²) < 4.78 is 0. The third-order valence-corrected chi connectivity index (χ3v) is 3.92. The van der Waals surface area contributed by atoms with Gasteiger partial charge in [0.15, 0.2) is 0 Å². The molecule has 1 heterocycles. The van der Waals surface area contributed by atoms with Crippen molar-refractivity contribution in [2.24, 2.45) is 0 Å². The van der Waals surface area contributed by atoms with Crippen molar-refractivity contribution in [3.63, 3.8) is 0 Å². The van der Waals surface area contributed by atoms with Crippen molar-refractivity contribution < 1.29 is 0 Å². The van der Waals surface area contributed by atoms with E-state index in [0.717, 1.165) is 30.8 Å². The lowest BCUT2D eigenvalue weighted by atomic mass is 10.0. The highest BCUT2D eigenvalue weighted by Crippen LogP contribution is 2.18. The van der Waals surface area contributed by atoms with Gasteiger partial charge in [0.25, 0.3) is 0 Å². The average Bonchev–Trinajstić information content (AvgIpc) is 2.49. The van der Waals surface area contributed by atoms with Gasteiger partial charge in [-0.05, 0) is 51.8 Å². The van der Waals surface area contributed by atoms with Crippen molar-refractivity contribution in [3.05, 3.63) is 41.5 Å². The molecule has 1 fully saturated rings. The monoisotopic (exact) mass is 285 g/mol. The highest BCUT2D eigenvalue weighted by atomic mass is 14.9. The maximum atomic E-state index is 7.86. The van der Waals surface area contributed by atoms with E-state index < -0.39 is 0 Å². The molecule has 1 saturated heterocycles. The molecule has 2 rings (SSSR count). The van der Waals surface area contributed by atoms with Crippen molar-refractivity contribution in [2.75, 3.05) is 18.4 Å². The molecule has 0 aromatic heterocycles. The van der Waals surface area contributed by atoms with Crippen LogP contribution in [0, 0.1) is 12.3 Å². The first kappa shape index (κ1) is 15.8. The number of piperidine rings is 1. The van der Waals surface area contributed by atoms with Gasteiger partial charge >= 0.3 is 0 Å². The first-order valence-corrected chi connectivity index (χ1v) is 7.97. The van der Waals surface area contributed by atoms with Crippen LogP contribution in [0.5, 0.6) is 0 Å². The van der Waals surface area contributed by atoms with E-state index in [4.69, 9.17) is 5.41 Å². The first-order valence-electron chi connectivity index (χ1n) is 7.97. The number of nitrogens with one attached hydrogen (secondary N) is 3. The van der Waals surface area contributed by atoms with Gasteiger partial charge in [-0.1, -0.05) is 30.2 Å². The molecule has 1 aliphatic heterocycles. The Kier molecular flexibility index (Phi) is 6.00. The lowest BCUT2D eigenvalue weighted by molar-refractivity contribution is 0.454. The fourth-order valence-corrected chi connectivity index (χ4v) is 2.72. The van der Waals surface area contributed by atoms with Gasteiger partial charge in [0.1, 0.15) is 0 Å². The van der Waals surface area contributed by atoms with Crippen molar-refractivity contribution in [1.82, 2.24) is 5.32 Å². The molecule has 1 aliphatic rings. The molecule has 0 aliphatic carbocycles.